The number of hydrogen-bond donors (Lipinski definition) is 1. The SMILES string of the molecule is CCOc1ccccc1CNC(=O)[C@@H](CC)Oc1ccccc1F. The van der Waals surface area contributed by atoms with Gasteiger partial charge in [-0.2, -0.15) is 0 Å². The van der Waals surface area contributed by atoms with Crippen LogP contribution in [0.5, 0.6) is 11.5 Å². The average molecular weight is 331 g/mol. The zero-order chi connectivity index (χ0) is 17.4. The van der Waals surface area contributed by atoms with Crippen molar-refractivity contribution in [2.24, 2.45) is 0 Å². The van der Waals surface area contributed by atoms with Gasteiger partial charge in [-0.1, -0.05) is 37.3 Å². The van der Waals surface area contributed by atoms with Gasteiger partial charge in [0.25, 0.3) is 5.91 Å². The van der Waals surface area contributed by atoms with E-state index in [9.17, 15) is 9.18 Å². The predicted molar refractivity (Wildman–Crippen MR) is 90.6 cm³/mol. The summed E-state index contributed by atoms with van der Waals surface area (Å²) in [7, 11) is 0. The Labute approximate surface area is 141 Å². The lowest BCUT2D eigenvalue weighted by atomic mass is 10.2. The van der Waals surface area contributed by atoms with Crippen LogP contribution in [0.4, 0.5) is 4.39 Å². The number of amides is 1. The molecule has 0 aliphatic rings. The molecule has 4 nitrogen and oxygen atoms in total. The summed E-state index contributed by atoms with van der Waals surface area (Å²) in [5.74, 6) is 0.0510. The lowest BCUT2D eigenvalue weighted by Gasteiger charge is -2.18. The lowest BCUT2D eigenvalue weighted by molar-refractivity contribution is -0.128. The average Bonchev–Trinajstić information content (AvgIpc) is 2.60. The molecule has 0 aromatic heterocycles. The van der Waals surface area contributed by atoms with Crippen molar-refractivity contribution < 1.29 is 18.7 Å². The quantitative estimate of drug-likeness (QED) is 0.802. The van der Waals surface area contributed by atoms with Gasteiger partial charge in [0.2, 0.25) is 0 Å². The third kappa shape index (κ3) is 4.72. The molecular weight excluding hydrogens is 309 g/mol. The third-order valence-corrected chi connectivity index (χ3v) is 3.49. The minimum Gasteiger partial charge on any atom is -0.494 e. The first-order valence-corrected chi connectivity index (χ1v) is 8.05. The van der Waals surface area contributed by atoms with Crippen LogP contribution in [-0.4, -0.2) is 18.6 Å². The molecule has 128 valence electrons. The van der Waals surface area contributed by atoms with Gasteiger partial charge in [-0.05, 0) is 31.5 Å². The molecule has 0 bridgehead atoms. The molecule has 0 unspecified atom stereocenters. The fraction of sp³-hybridized carbons (Fsp3) is 0.316. The maximum atomic E-state index is 13.7. The van der Waals surface area contributed by atoms with Crippen LogP contribution in [-0.2, 0) is 11.3 Å². The molecule has 2 aromatic carbocycles. The summed E-state index contributed by atoms with van der Waals surface area (Å²) in [5, 5.41) is 2.82. The smallest absolute Gasteiger partial charge is 0.261 e. The van der Waals surface area contributed by atoms with Crippen molar-refractivity contribution >= 4 is 5.91 Å². The summed E-state index contributed by atoms with van der Waals surface area (Å²) in [4.78, 5) is 12.3. The van der Waals surface area contributed by atoms with Crippen LogP contribution in [0.15, 0.2) is 48.5 Å². The number of hydrogen-bond acceptors (Lipinski definition) is 3. The minimum atomic E-state index is -0.749. The van der Waals surface area contributed by atoms with Crippen molar-refractivity contribution in [2.45, 2.75) is 32.9 Å². The Morgan fingerprint density at radius 3 is 2.42 bits per heavy atom. The number of para-hydroxylation sites is 2. The van der Waals surface area contributed by atoms with E-state index in [1.54, 1.807) is 12.1 Å². The molecular formula is C19H22FNO3. The van der Waals surface area contributed by atoms with Crippen molar-refractivity contribution in [3.63, 3.8) is 0 Å². The maximum Gasteiger partial charge on any atom is 0.261 e. The van der Waals surface area contributed by atoms with E-state index in [0.29, 0.717) is 19.6 Å². The largest absolute Gasteiger partial charge is 0.494 e. The zero-order valence-electron chi connectivity index (χ0n) is 13.9. The number of benzene rings is 2. The molecule has 0 saturated heterocycles. The highest BCUT2D eigenvalue weighted by atomic mass is 19.1. The van der Waals surface area contributed by atoms with E-state index < -0.39 is 11.9 Å². The van der Waals surface area contributed by atoms with Gasteiger partial charge < -0.3 is 14.8 Å². The predicted octanol–water partition coefficient (Wildman–Crippen LogP) is 3.70. The van der Waals surface area contributed by atoms with Gasteiger partial charge in [0.1, 0.15) is 5.75 Å². The molecule has 5 heteroatoms. The van der Waals surface area contributed by atoms with Gasteiger partial charge in [0, 0.05) is 12.1 Å². The van der Waals surface area contributed by atoms with Crippen LogP contribution >= 0.6 is 0 Å². The highest BCUT2D eigenvalue weighted by Crippen LogP contribution is 2.19. The molecule has 1 amide bonds. The molecule has 2 rings (SSSR count). The maximum absolute atomic E-state index is 13.7. The molecule has 0 fully saturated rings. The summed E-state index contributed by atoms with van der Waals surface area (Å²) in [6.45, 7) is 4.61. The lowest BCUT2D eigenvalue weighted by Crippen LogP contribution is -2.37. The Bertz CT molecular complexity index is 675. The van der Waals surface area contributed by atoms with Gasteiger partial charge in [-0.15, -0.1) is 0 Å². The summed E-state index contributed by atoms with van der Waals surface area (Å²) < 4.78 is 24.7. The van der Waals surface area contributed by atoms with Crippen LogP contribution < -0.4 is 14.8 Å². The minimum absolute atomic E-state index is 0.0780. The van der Waals surface area contributed by atoms with E-state index in [4.69, 9.17) is 9.47 Å². The van der Waals surface area contributed by atoms with E-state index in [1.807, 2.05) is 38.1 Å². The monoisotopic (exact) mass is 331 g/mol. The molecule has 1 atom stereocenters. The summed E-state index contributed by atoms with van der Waals surface area (Å²) in [6.07, 6.45) is -0.311. The molecule has 0 radical (unpaired) electrons. The van der Waals surface area contributed by atoms with Gasteiger partial charge in [0.15, 0.2) is 17.7 Å². The number of ether oxygens (including phenoxy) is 2. The standard InChI is InChI=1S/C19H22FNO3/c1-3-16(24-18-12-8-6-10-15(18)20)19(22)21-13-14-9-5-7-11-17(14)23-4-2/h5-12,16H,3-4,13H2,1-2H3,(H,21,22)/t16-/m1/s1. The molecule has 1 N–H and O–H groups in total. The Morgan fingerprint density at radius 2 is 1.75 bits per heavy atom. The third-order valence-electron chi connectivity index (χ3n) is 3.49. The van der Waals surface area contributed by atoms with Crippen molar-refractivity contribution in [3.05, 3.63) is 59.9 Å². The first-order chi connectivity index (χ1) is 11.7. The first kappa shape index (κ1) is 17.8. The summed E-state index contributed by atoms with van der Waals surface area (Å²) in [5.41, 5.74) is 0.883. The van der Waals surface area contributed by atoms with E-state index >= 15 is 0 Å². The first-order valence-electron chi connectivity index (χ1n) is 8.05. The van der Waals surface area contributed by atoms with E-state index in [1.165, 1.54) is 12.1 Å². The van der Waals surface area contributed by atoms with Gasteiger partial charge in [0.05, 0.1) is 6.61 Å². The Balaban J connectivity index is 1.99. The number of nitrogens with one attached hydrogen (secondary N) is 1. The Hall–Kier alpha value is -2.56. The van der Waals surface area contributed by atoms with Gasteiger partial charge in [-0.3, -0.25) is 4.79 Å². The normalized spacial score (nSPS) is 11.6. The topological polar surface area (TPSA) is 47.6 Å². The van der Waals surface area contributed by atoms with E-state index in [-0.39, 0.29) is 11.7 Å². The molecule has 2 aromatic rings. The van der Waals surface area contributed by atoms with Crippen molar-refractivity contribution in [2.75, 3.05) is 6.61 Å². The Kier molecular flexibility index (Phi) is 6.61. The molecule has 0 saturated carbocycles. The second kappa shape index (κ2) is 8.91. The highest BCUT2D eigenvalue weighted by molar-refractivity contribution is 5.81. The second-order valence-electron chi connectivity index (χ2n) is 5.20. The summed E-state index contributed by atoms with van der Waals surface area (Å²) >= 11 is 0. The van der Waals surface area contributed by atoms with E-state index in [2.05, 4.69) is 5.32 Å². The fourth-order valence-corrected chi connectivity index (χ4v) is 2.26. The molecule has 0 heterocycles. The van der Waals surface area contributed by atoms with E-state index in [0.717, 1.165) is 11.3 Å². The van der Waals surface area contributed by atoms with Crippen LogP contribution in [0.1, 0.15) is 25.8 Å². The molecule has 24 heavy (non-hydrogen) atoms. The summed E-state index contributed by atoms with van der Waals surface area (Å²) in [6, 6.07) is 13.6. The number of carbonyl (C=O) groups excluding carboxylic acids is 1. The fourth-order valence-electron chi connectivity index (χ4n) is 2.26. The van der Waals surface area contributed by atoms with Gasteiger partial charge in [-0.25, -0.2) is 4.39 Å². The van der Waals surface area contributed by atoms with Crippen molar-refractivity contribution in [1.29, 1.82) is 0 Å². The second-order valence-corrected chi connectivity index (χ2v) is 5.20. The van der Waals surface area contributed by atoms with Crippen LogP contribution in [0.3, 0.4) is 0 Å². The molecule has 0 spiro atoms. The zero-order valence-corrected chi connectivity index (χ0v) is 13.9. The molecule has 0 aliphatic heterocycles. The van der Waals surface area contributed by atoms with Crippen molar-refractivity contribution in [1.82, 2.24) is 5.32 Å². The van der Waals surface area contributed by atoms with Crippen molar-refractivity contribution in [3.8, 4) is 11.5 Å². The number of rotatable bonds is 8. The highest BCUT2D eigenvalue weighted by Gasteiger charge is 2.19. The Morgan fingerprint density at radius 1 is 1.08 bits per heavy atom. The van der Waals surface area contributed by atoms with Gasteiger partial charge >= 0.3 is 0 Å². The van der Waals surface area contributed by atoms with Crippen LogP contribution in [0.2, 0.25) is 0 Å². The van der Waals surface area contributed by atoms with Crippen LogP contribution in [0.25, 0.3) is 0 Å². The number of halogens is 1. The number of carbonyl (C=O) groups is 1. The molecule has 0 aliphatic carbocycles. The van der Waals surface area contributed by atoms with Crippen LogP contribution in [0, 0.1) is 5.82 Å².